The van der Waals surface area contributed by atoms with E-state index >= 15 is 0 Å². The highest BCUT2D eigenvalue weighted by Gasteiger charge is 2.27. The molecule has 2 aliphatic heterocycles. The summed E-state index contributed by atoms with van der Waals surface area (Å²) < 4.78 is 33.3. The number of sulfonamides is 1. The van der Waals surface area contributed by atoms with E-state index in [4.69, 9.17) is 4.74 Å². The van der Waals surface area contributed by atoms with E-state index in [0.717, 1.165) is 6.42 Å². The Morgan fingerprint density at radius 2 is 2.04 bits per heavy atom. The van der Waals surface area contributed by atoms with E-state index in [-0.39, 0.29) is 10.8 Å². The lowest BCUT2D eigenvalue weighted by atomic mass is 10.1. The molecular weight excluding hydrogens is 318 g/mol. The van der Waals surface area contributed by atoms with Gasteiger partial charge in [0, 0.05) is 25.2 Å². The lowest BCUT2D eigenvalue weighted by Crippen LogP contribution is -2.40. The third-order valence-corrected chi connectivity index (χ3v) is 5.14. The van der Waals surface area contributed by atoms with Crippen molar-refractivity contribution in [2.45, 2.75) is 18.2 Å². The Kier molecular flexibility index (Phi) is 4.36. The van der Waals surface area contributed by atoms with Gasteiger partial charge in [-0.25, -0.2) is 0 Å². The minimum Gasteiger partial charge on any atom is -0.378 e. The van der Waals surface area contributed by atoms with Gasteiger partial charge in [0.25, 0.3) is 15.9 Å². The van der Waals surface area contributed by atoms with Crippen LogP contribution in [-0.2, 0) is 14.8 Å². The molecule has 1 saturated heterocycles. The van der Waals surface area contributed by atoms with Gasteiger partial charge < -0.3 is 14.5 Å². The third kappa shape index (κ3) is 3.09. The first kappa shape index (κ1) is 15.9. The Bertz CT molecular complexity index is 739. The van der Waals surface area contributed by atoms with E-state index in [2.05, 4.69) is 4.40 Å². The van der Waals surface area contributed by atoms with Gasteiger partial charge in [0.2, 0.25) is 0 Å². The van der Waals surface area contributed by atoms with Crippen molar-refractivity contribution in [2.24, 2.45) is 4.40 Å². The minimum atomic E-state index is -3.75. The van der Waals surface area contributed by atoms with Crippen LogP contribution in [0.3, 0.4) is 0 Å². The fourth-order valence-electron chi connectivity index (χ4n) is 2.70. The number of ether oxygens (including phenoxy) is 1. The maximum Gasteiger partial charge on any atom is 0.285 e. The van der Waals surface area contributed by atoms with Crippen LogP contribution >= 0.6 is 0 Å². The molecule has 1 amide bonds. The highest BCUT2D eigenvalue weighted by Crippen LogP contribution is 2.31. The maximum absolute atomic E-state index is 12.5. The van der Waals surface area contributed by atoms with Crippen molar-refractivity contribution in [1.82, 2.24) is 4.90 Å². The molecule has 0 atom stereocenters. The van der Waals surface area contributed by atoms with Crippen molar-refractivity contribution in [3.05, 3.63) is 23.8 Å². The van der Waals surface area contributed by atoms with Crippen LogP contribution in [0.2, 0.25) is 0 Å². The first-order chi connectivity index (χ1) is 11.0. The van der Waals surface area contributed by atoms with E-state index in [1.807, 2.05) is 6.92 Å². The highest BCUT2D eigenvalue weighted by atomic mass is 32.2. The number of nitrogens with zero attached hydrogens (tertiary/aromatic N) is 3. The number of hydrogen-bond donors (Lipinski definition) is 0. The Morgan fingerprint density at radius 1 is 1.30 bits per heavy atom. The van der Waals surface area contributed by atoms with Crippen molar-refractivity contribution < 1.29 is 17.9 Å². The molecule has 2 aliphatic rings. The summed E-state index contributed by atoms with van der Waals surface area (Å²) in [5.74, 6) is -0.178. The summed E-state index contributed by atoms with van der Waals surface area (Å²) in [6.07, 6.45) is 2.20. The number of carbonyl (C=O) groups excluding carboxylic acids is 1. The number of carbonyl (C=O) groups is 1. The monoisotopic (exact) mass is 337 g/mol. The SMILES string of the molecule is CCCN1C=NS(=O)(=O)c2cc(C(=O)N3CCOCC3)ccc21. The van der Waals surface area contributed by atoms with Crippen molar-refractivity contribution in [2.75, 3.05) is 37.7 Å². The van der Waals surface area contributed by atoms with Crippen LogP contribution in [-0.4, -0.2) is 58.4 Å². The summed E-state index contributed by atoms with van der Waals surface area (Å²) in [4.78, 5) is 16.1. The number of morpholine rings is 1. The molecular formula is C15H19N3O4S. The van der Waals surface area contributed by atoms with Gasteiger partial charge in [0.1, 0.15) is 11.2 Å². The van der Waals surface area contributed by atoms with Gasteiger partial charge in [0.15, 0.2) is 0 Å². The number of amides is 1. The Hall–Kier alpha value is -1.93. The second-order valence-corrected chi connectivity index (χ2v) is 7.08. The zero-order valence-corrected chi connectivity index (χ0v) is 13.8. The fraction of sp³-hybridized carbons (Fsp3) is 0.467. The van der Waals surface area contributed by atoms with Crippen molar-refractivity contribution >= 4 is 28.0 Å². The molecule has 23 heavy (non-hydrogen) atoms. The molecule has 0 radical (unpaired) electrons. The van der Waals surface area contributed by atoms with Crippen LogP contribution in [0.4, 0.5) is 5.69 Å². The number of hydrogen-bond acceptors (Lipinski definition) is 5. The molecule has 1 aromatic rings. The molecule has 2 heterocycles. The first-order valence-electron chi connectivity index (χ1n) is 7.61. The molecule has 1 fully saturated rings. The maximum atomic E-state index is 12.5. The van der Waals surface area contributed by atoms with Crippen molar-refractivity contribution in [1.29, 1.82) is 0 Å². The highest BCUT2D eigenvalue weighted by molar-refractivity contribution is 7.90. The predicted octanol–water partition coefficient (Wildman–Crippen LogP) is 1.11. The molecule has 3 rings (SSSR count). The number of anilines is 1. The quantitative estimate of drug-likeness (QED) is 0.825. The lowest BCUT2D eigenvalue weighted by Gasteiger charge is -2.28. The van der Waals surface area contributed by atoms with Crippen LogP contribution in [0.15, 0.2) is 27.5 Å². The molecule has 1 aromatic carbocycles. The van der Waals surface area contributed by atoms with Crippen molar-refractivity contribution in [3.63, 3.8) is 0 Å². The average Bonchev–Trinajstić information content (AvgIpc) is 2.57. The van der Waals surface area contributed by atoms with Gasteiger partial charge in [-0.1, -0.05) is 6.92 Å². The summed E-state index contributed by atoms with van der Waals surface area (Å²) in [5.41, 5.74) is 0.933. The standard InChI is InChI=1S/C15H19N3O4S/c1-2-5-18-11-16-23(20,21)14-10-12(3-4-13(14)18)15(19)17-6-8-22-9-7-17/h3-4,10-11H,2,5-9H2,1H3. The van der Waals surface area contributed by atoms with Gasteiger partial charge in [-0.2, -0.15) is 8.42 Å². The van der Waals surface area contributed by atoms with Gasteiger partial charge in [0.05, 0.1) is 18.9 Å². The van der Waals surface area contributed by atoms with E-state index in [1.165, 1.54) is 12.4 Å². The molecule has 0 saturated carbocycles. The topological polar surface area (TPSA) is 79.3 Å². The number of rotatable bonds is 3. The van der Waals surface area contributed by atoms with Gasteiger partial charge >= 0.3 is 0 Å². The molecule has 0 unspecified atom stereocenters. The summed E-state index contributed by atoms with van der Waals surface area (Å²) in [7, 11) is -3.75. The minimum absolute atomic E-state index is 0.0903. The second-order valence-electron chi connectivity index (χ2n) is 5.48. The van der Waals surface area contributed by atoms with E-state index in [1.54, 1.807) is 21.9 Å². The van der Waals surface area contributed by atoms with E-state index in [0.29, 0.717) is 44.1 Å². The smallest absolute Gasteiger partial charge is 0.285 e. The fourth-order valence-corrected chi connectivity index (χ4v) is 3.77. The third-order valence-electron chi connectivity index (χ3n) is 3.88. The molecule has 124 valence electrons. The summed E-state index contributed by atoms with van der Waals surface area (Å²) in [5, 5.41) is 0. The Labute approximate surface area is 135 Å². The van der Waals surface area contributed by atoms with Crippen LogP contribution in [0.25, 0.3) is 0 Å². The number of fused-ring (bicyclic) bond motifs is 1. The summed E-state index contributed by atoms with van der Waals surface area (Å²) in [6, 6.07) is 4.79. The lowest BCUT2D eigenvalue weighted by molar-refractivity contribution is 0.0302. The van der Waals surface area contributed by atoms with Crippen LogP contribution in [0.1, 0.15) is 23.7 Å². The zero-order valence-electron chi connectivity index (χ0n) is 12.9. The molecule has 0 aliphatic carbocycles. The van der Waals surface area contributed by atoms with Crippen LogP contribution in [0.5, 0.6) is 0 Å². The van der Waals surface area contributed by atoms with Crippen LogP contribution in [0, 0.1) is 0 Å². The van der Waals surface area contributed by atoms with E-state index in [9.17, 15) is 13.2 Å². The normalized spacial score (nSPS) is 19.5. The van der Waals surface area contributed by atoms with Crippen LogP contribution < -0.4 is 4.90 Å². The Morgan fingerprint density at radius 3 is 2.74 bits per heavy atom. The molecule has 0 bridgehead atoms. The average molecular weight is 337 g/mol. The number of benzene rings is 1. The molecule has 0 N–H and O–H groups in total. The Balaban J connectivity index is 1.96. The van der Waals surface area contributed by atoms with Gasteiger partial charge in [-0.3, -0.25) is 4.79 Å². The molecule has 0 spiro atoms. The van der Waals surface area contributed by atoms with E-state index < -0.39 is 10.0 Å². The molecule has 0 aromatic heterocycles. The van der Waals surface area contributed by atoms with Gasteiger partial charge in [-0.15, -0.1) is 4.40 Å². The van der Waals surface area contributed by atoms with Crippen molar-refractivity contribution in [3.8, 4) is 0 Å². The summed E-state index contributed by atoms with van der Waals surface area (Å²) in [6.45, 7) is 4.72. The second kappa shape index (κ2) is 6.29. The van der Waals surface area contributed by atoms with Gasteiger partial charge in [-0.05, 0) is 24.6 Å². The largest absolute Gasteiger partial charge is 0.378 e. The summed E-state index contributed by atoms with van der Waals surface area (Å²) >= 11 is 0. The zero-order chi connectivity index (χ0) is 16.4. The molecule has 7 nitrogen and oxygen atoms in total. The predicted molar refractivity (Wildman–Crippen MR) is 86.5 cm³/mol. The first-order valence-corrected chi connectivity index (χ1v) is 9.05. The molecule has 8 heteroatoms.